The molecule has 1 fully saturated rings. The maximum atomic E-state index is 13.3. The first-order chi connectivity index (χ1) is 7.25. The van der Waals surface area contributed by atoms with Crippen LogP contribution in [0, 0.1) is 11.7 Å². The average Bonchev–Trinajstić information content (AvgIpc) is 2.69. The van der Waals surface area contributed by atoms with Crippen LogP contribution in [0.5, 0.6) is 5.75 Å². The second-order valence-electron chi connectivity index (χ2n) is 3.62. The van der Waals surface area contributed by atoms with Crippen LogP contribution in [-0.4, -0.2) is 19.8 Å². The molecule has 2 nitrogen and oxygen atoms in total. The molecular formula is C11H12ClFO2. The fraction of sp³-hybridized carbons (Fsp3) is 0.455. The first-order valence-corrected chi connectivity index (χ1v) is 5.29. The predicted octanol–water partition coefficient (Wildman–Crippen LogP) is 2.89. The van der Waals surface area contributed by atoms with Crippen LogP contribution in [0.2, 0.25) is 5.02 Å². The number of hydrogen-bond acceptors (Lipinski definition) is 2. The van der Waals surface area contributed by atoms with Crippen molar-refractivity contribution in [2.75, 3.05) is 19.8 Å². The minimum Gasteiger partial charge on any atom is -0.490 e. The van der Waals surface area contributed by atoms with Gasteiger partial charge in [-0.3, -0.25) is 0 Å². The summed E-state index contributed by atoms with van der Waals surface area (Å²) in [5.74, 6) is 0.216. The van der Waals surface area contributed by atoms with E-state index in [0.29, 0.717) is 24.2 Å². The quantitative estimate of drug-likeness (QED) is 0.795. The fourth-order valence-electron chi connectivity index (χ4n) is 1.51. The molecule has 0 amide bonds. The largest absolute Gasteiger partial charge is 0.490 e. The molecule has 0 aliphatic carbocycles. The van der Waals surface area contributed by atoms with Gasteiger partial charge in [-0.2, -0.15) is 0 Å². The Kier molecular flexibility index (Phi) is 3.44. The predicted molar refractivity (Wildman–Crippen MR) is 55.8 cm³/mol. The van der Waals surface area contributed by atoms with Crippen LogP contribution in [-0.2, 0) is 4.74 Å². The molecule has 0 radical (unpaired) electrons. The third-order valence-corrected chi connectivity index (χ3v) is 2.63. The molecule has 4 heteroatoms. The summed E-state index contributed by atoms with van der Waals surface area (Å²) in [4.78, 5) is 0. The van der Waals surface area contributed by atoms with E-state index in [-0.39, 0.29) is 5.75 Å². The van der Waals surface area contributed by atoms with Gasteiger partial charge in [-0.05, 0) is 24.6 Å². The Hall–Kier alpha value is -0.800. The van der Waals surface area contributed by atoms with E-state index in [1.807, 2.05) is 0 Å². The third-order valence-electron chi connectivity index (χ3n) is 2.39. The molecule has 0 bridgehead atoms. The molecule has 2 rings (SSSR count). The molecule has 15 heavy (non-hydrogen) atoms. The summed E-state index contributed by atoms with van der Waals surface area (Å²) in [6, 6.07) is 4.42. The molecule has 1 aliphatic rings. The lowest BCUT2D eigenvalue weighted by molar-refractivity contribution is 0.165. The molecule has 1 atom stereocenters. The molecule has 0 aromatic heterocycles. The van der Waals surface area contributed by atoms with Crippen LogP contribution in [0.4, 0.5) is 4.39 Å². The van der Waals surface area contributed by atoms with Crippen LogP contribution in [0.15, 0.2) is 18.2 Å². The Labute approximate surface area is 92.9 Å². The number of benzene rings is 1. The highest BCUT2D eigenvalue weighted by Crippen LogP contribution is 2.22. The first-order valence-electron chi connectivity index (χ1n) is 4.91. The Morgan fingerprint density at radius 2 is 2.40 bits per heavy atom. The second-order valence-corrected chi connectivity index (χ2v) is 4.05. The summed E-state index contributed by atoms with van der Waals surface area (Å²) in [7, 11) is 0. The molecule has 82 valence electrons. The smallest absolute Gasteiger partial charge is 0.166 e. The van der Waals surface area contributed by atoms with E-state index in [4.69, 9.17) is 21.1 Å². The van der Waals surface area contributed by atoms with Gasteiger partial charge in [0, 0.05) is 17.5 Å². The average molecular weight is 231 g/mol. The molecule has 1 aliphatic heterocycles. The van der Waals surface area contributed by atoms with Gasteiger partial charge in [0.2, 0.25) is 0 Å². The van der Waals surface area contributed by atoms with Gasteiger partial charge < -0.3 is 9.47 Å². The Bertz CT molecular complexity index is 337. The fourth-order valence-corrected chi connectivity index (χ4v) is 1.67. The van der Waals surface area contributed by atoms with Crippen molar-refractivity contribution in [3.05, 3.63) is 29.0 Å². The van der Waals surface area contributed by atoms with Gasteiger partial charge in [0.15, 0.2) is 11.6 Å². The Morgan fingerprint density at radius 3 is 3.07 bits per heavy atom. The van der Waals surface area contributed by atoms with E-state index in [0.717, 1.165) is 13.0 Å². The maximum absolute atomic E-state index is 13.3. The normalized spacial score (nSPS) is 20.5. The lowest BCUT2D eigenvalue weighted by atomic mass is 10.1. The first kappa shape index (κ1) is 10.7. The van der Waals surface area contributed by atoms with Gasteiger partial charge in [0.05, 0.1) is 13.2 Å². The van der Waals surface area contributed by atoms with Crippen molar-refractivity contribution < 1.29 is 13.9 Å². The second kappa shape index (κ2) is 4.81. The summed E-state index contributed by atoms with van der Waals surface area (Å²) in [5, 5.41) is 0.379. The van der Waals surface area contributed by atoms with Gasteiger partial charge >= 0.3 is 0 Å². The Balaban J connectivity index is 1.92. The molecule has 1 saturated heterocycles. The lowest BCUT2D eigenvalue weighted by Gasteiger charge is -2.10. The van der Waals surface area contributed by atoms with Crippen molar-refractivity contribution >= 4 is 11.6 Å². The zero-order chi connectivity index (χ0) is 10.7. The van der Waals surface area contributed by atoms with E-state index in [1.165, 1.54) is 6.07 Å². The molecule has 0 saturated carbocycles. The summed E-state index contributed by atoms with van der Waals surface area (Å²) in [5.41, 5.74) is 0. The summed E-state index contributed by atoms with van der Waals surface area (Å²) in [6.07, 6.45) is 0.981. The van der Waals surface area contributed by atoms with E-state index in [2.05, 4.69) is 0 Å². The van der Waals surface area contributed by atoms with Gasteiger partial charge in [-0.25, -0.2) is 4.39 Å². The van der Waals surface area contributed by atoms with E-state index >= 15 is 0 Å². The summed E-state index contributed by atoms with van der Waals surface area (Å²) >= 11 is 5.63. The van der Waals surface area contributed by atoms with Gasteiger partial charge in [0.1, 0.15) is 0 Å². The lowest BCUT2D eigenvalue weighted by Crippen LogP contribution is -2.12. The zero-order valence-corrected chi connectivity index (χ0v) is 8.97. The number of rotatable bonds is 3. The number of ether oxygens (including phenoxy) is 2. The standard InChI is InChI=1S/C11H12ClFO2/c12-9-1-2-11(10(13)5-9)15-7-8-3-4-14-6-8/h1-2,5,8H,3-4,6-7H2. The topological polar surface area (TPSA) is 18.5 Å². The molecule has 1 aromatic rings. The number of halogens is 2. The highest BCUT2D eigenvalue weighted by molar-refractivity contribution is 6.30. The minimum absolute atomic E-state index is 0.256. The van der Waals surface area contributed by atoms with Crippen molar-refractivity contribution in [3.8, 4) is 5.75 Å². The highest BCUT2D eigenvalue weighted by atomic mass is 35.5. The van der Waals surface area contributed by atoms with Gasteiger partial charge in [0.25, 0.3) is 0 Å². The number of hydrogen-bond donors (Lipinski definition) is 0. The SMILES string of the molecule is Fc1cc(Cl)ccc1OCC1CCOC1. The highest BCUT2D eigenvalue weighted by Gasteiger charge is 2.16. The van der Waals surface area contributed by atoms with Crippen molar-refractivity contribution in [2.24, 2.45) is 5.92 Å². The van der Waals surface area contributed by atoms with E-state index in [1.54, 1.807) is 12.1 Å². The van der Waals surface area contributed by atoms with Gasteiger partial charge in [-0.1, -0.05) is 11.6 Å². The Morgan fingerprint density at radius 1 is 1.53 bits per heavy atom. The zero-order valence-electron chi connectivity index (χ0n) is 8.21. The van der Waals surface area contributed by atoms with Crippen LogP contribution in [0.3, 0.4) is 0 Å². The van der Waals surface area contributed by atoms with Crippen LogP contribution in [0.25, 0.3) is 0 Å². The molecule has 1 heterocycles. The van der Waals surface area contributed by atoms with Gasteiger partial charge in [-0.15, -0.1) is 0 Å². The molecule has 1 aromatic carbocycles. The van der Waals surface area contributed by atoms with E-state index in [9.17, 15) is 4.39 Å². The van der Waals surface area contributed by atoms with Crippen LogP contribution < -0.4 is 4.74 Å². The third kappa shape index (κ3) is 2.83. The molecule has 0 N–H and O–H groups in total. The van der Waals surface area contributed by atoms with E-state index < -0.39 is 5.82 Å². The molecule has 1 unspecified atom stereocenters. The van der Waals surface area contributed by atoms with Crippen molar-refractivity contribution in [1.82, 2.24) is 0 Å². The molecule has 0 spiro atoms. The maximum Gasteiger partial charge on any atom is 0.166 e. The van der Waals surface area contributed by atoms with Crippen molar-refractivity contribution in [2.45, 2.75) is 6.42 Å². The molecular weight excluding hydrogens is 219 g/mol. The summed E-state index contributed by atoms with van der Waals surface area (Å²) in [6.45, 7) is 1.98. The monoisotopic (exact) mass is 230 g/mol. The van der Waals surface area contributed by atoms with Crippen LogP contribution >= 0.6 is 11.6 Å². The van der Waals surface area contributed by atoms with Crippen LogP contribution in [0.1, 0.15) is 6.42 Å². The van der Waals surface area contributed by atoms with Crippen molar-refractivity contribution in [1.29, 1.82) is 0 Å². The minimum atomic E-state index is -0.415. The van der Waals surface area contributed by atoms with Crippen molar-refractivity contribution in [3.63, 3.8) is 0 Å². The summed E-state index contributed by atoms with van der Waals surface area (Å²) < 4.78 is 23.8.